The second-order valence-electron chi connectivity index (χ2n) is 8.48. The van der Waals surface area contributed by atoms with Crippen LogP contribution in [0, 0.1) is 5.92 Å². The third-order valence-electron chi connectivity index (χ3n) is 5.84. The monoisotopic (exact) mass is 365 g/mol. The summed E-state index contributed by atoms with van der Waals surface area (Å²) in [5.74, 6) is 1.78. The molecule has 1 spiro atoms. The number of ether oxygens (including phenoxy) is 1. The highest BCUT2D eigenvalue weighted by molar-refractivity contribution is 5.39. The number of aromatic nitrogens is 1. The fourth-order valence-corrected chi connectivity index (χ4v) is 4.50. The van der Waals surface area contributed by atoms with Gasteiger partial charge in [0.2, 0.25) is 0 Å². The van der Waals surface area contributed by atoms with Crippen molar-refractivity contribution in [3.05, 3.63) is 59.9 Å². The highest BCUT2D eigenvalue weighted by atomic mass is 16.5. The van der Waals surface area contributed by atoms with E-state index in [1.165, 1.54) is 12.1 Å². The molecule has 1 fully saturated rings. The third kappa shape index (κ3) is 4.33. The summed E-state index contributed by atoms with van der Waals surface area (Å²) < 4.78 is 6.61. The fourth-order valence-electron chi connectivity index (χ4n) is 4.50. The molecule has 0 saturated carbocycles. The van der Waals surface area contributed by atoms with E-state index >= 15 is 0 Å². The van der Waals surface area contributed by atoms with Crippen molar-refractivity contribution >= 4 is 0 Å². The van der Waals surface area contributed by atoms with E-state index in [2.05, 4.69) is 59.4 Å². The van der Waals surface area contributed by atoms with E-state index in [1.54, 1.807) is 0 Å². The second kappa shape index (κ2) is 7.99. The third-order valence-corrected chi connectivity index (χ3v) is 5.84. The number of rotatable bonds is 5. The molecule has 1 N–H and O–H groups in total. The van der Waals surface area contributed by atoms with Crippen LogP contribution < -0.4 is 10.1 Å². The summed E-state index contributed by atoms with van der Waals surface area (Å²) in [6.07, 6.45) is 5.11. The van der Waals surface area contributed by atoms with Crippen molar-refractivity contribution in [2.24, 2.45) is 5.92 Å². The maximum absolute atomic E-state index is 6.61. The lowest BCUT2D eigenvalue weighted by Crippen LogP contribution is -2.52. The summed E-state index contributed by atoms with van der Waals surface area (Å²) in [5, 5.41) is 3.75. The molecule has 0 amide bonds. The summed E-state index contributed by atoms with van der Waals surface area (Å²) in [4.78, 5) is 7.05. The van der Waals surface area contributed by atoms with Gasteiger partial charge in [0, 0.05) is 50.4 Å². The van der Waals surface area contributed by atoms with Crippen molar-refractivity contribution in [1.82, 2.24) is 15.2 Å². The Kier molecular flexibility index (Phi) is 5.46. The zero-order chi connectivity index (χ0) is 18.7. The van der Waals surface area contributed by atoms with Crippen molar-refractivity contribution in [2.75, 3.05) is 19.6 Å². The van der Waals surface area contributed by atoms with Gasteiger partial charge in [-0.3, -0.25) is 4.98 Å². The lowest BCUT2D eigenvalue weighted by atomic mass is 9.80. The SMILES string of the molecule is CC(C)CN1CCC2(CC1)C[C@H](NCc1ccccn1)c1ccccc1O2. The Labute approximate surface area is 162 Å². The minimum atomic E-state index is -0.0381. The van der Waals surface area contributed by atoms with Crippen LogP contribution in [0.1, 0.15) is 50.4 Å². The first kappa shape index (κ1) is 18.5. The van der Waals surface area contributed by atoms with E-state index in [4.69, 9.17) is 4.74 Å². The molecule has 4 rings (SSSR count). The summed E-state index contributed by atoms with van der Waals surface area (Å²) >= 11 is 0. The molecule has 0 radical (unpaired) electrons. The molecule has 1 saturated heterocycles. The van der Waals surface area contributed by atoms with Crippen LogP contribution in [0.15, 0.2) is 48.7 Å². The molecule has 1 atom stereocenters. The number of piperidine rings is 1. The van der Waals surface area contributed by atoms with Gasteiger partial charge in [-0.1, -0.05) is 38.1 Å². The maximum atomic E-state index is 6.61. The lowest BCUT2D eigenvalue weighted by Gasteiger charge is -2.47. The zero-order valence-electron chi connectivity index (χ0n) is 16.5. The van der Waals surface area contributed by atoms with Crippen molar-refractivity contribution in [3.63, 3.8) is 0 Å². The van der Waals surface area contributed by atoms with Gasteiger partial charge < -0.3 is 15.0 Å². The van der Waals surface area contributed by atoms with Gasteiger partial charge in [-0.05, 0) is 37.0 Å². The zero-order valence-corrected chi connectivity index (χ0v) is 16.5. The van der Waals surface area contributed by atoms with Crippen LogP contribution in [-0.2, 0) is 6.54 Å². The van der Waals surface area contributed by atoms with Crippen LogP contribution in [-0.4, -0.2) is 35.1 Å². The van der Waals surface area contributed by atoms with E-state index in [0.717, 1.165) is 56.3 Å². The standard InChI is InChI=1S/C23H31N3O/c1-18(2)17-26-13-10-23(11-14-26)15-21(20-8-3-4-9-22(20)27-23)25-16-19-7-5-6-12-24-19/h3-9,12,18,21,25H,10-11,13-17H2,1-2H3/t21-/m0/s1. The highest BCUT2D eigenvalue weighted by Gasteiger charge is 2.43. The Morgan fingerprint density at radius 1 is 1.15 bits per heavy atom. The van der Waals surface area contributed by atoms with Crippen LogP contribution in [0.2, 0.25) is 0 Å². The van der Waals surface area contributed by atoms with Crippen molar-refractivity contribution in [2.45, 2.75) is 51.3 Å². The van der Waals surface area contributed by atoms with Crippen molar-refractivity contribution in [3.8, 4) is 5.75 Å². The van der Waals surface area contributed by atoms with Crippen LogP contribution in [0.5, 0.6) is 5.75 Å². The second-order valence-corrected chi connectivity index (χ2v) is 8.48. The molecule has 1 aromatic heterocycles. The van der Waals surface area contributed by atoms with E-state index < -0.39 is 0 Å². The molecular formula is C23H31N3O. The Balaban J connectivity index is 1.48. The van der Waals surface area contributed by atoms with Gasteiger partial charge in [0.05, 0.1) is 5.69 Å². The van der Waals surface area contributed by atoms with Gasteiger partial charge in [0.15, 0.2) is 0 Å². The molecule has 1 aromatic carbocycles. The average molecular weight is 366 g/mol. The van der Waals surface area contributed by atoms with Crippen LogP contribution in [0.4, 0.5) is 0 Å². The molecule has 4 heteroatoms. The number of hydrogen-bond donors (Lipinski definition) is 1. The molecule has 27 heavy (non-hydrogen) atoms. The molecule has 0 unspecified atom stereocenters. The highest BCUT2D eigenvalue weighted by Crippen LogP contribution is 2.44. The number of hydrogen-bond acceptors (Lipinski definition) is 4. The Hall–Kier alpha value is -1.91. The van der Waals surface area contributed by atoms with Crippen LogP contribution in [0.25, 0.3) is 0 Å². The van der Waals surface area contributed by atoms with E-state index in [0.29, 0.717) is 6.04 Å². The first-order valence-electron chi connectivity index (χ1n) is 10.3. The first-order chi connectivity index (χ1) is 13.1. The number of nitrogens with one attached hydrogen (secondary N) is 1. The number of benzene rings is 1. The van der Waals surface area contributed by atoms with E-state index in [-0.39, 0.29) is 5.60 Å². The quantitative estimate of drug-likeness (QED) is 0.862. The molecule has 0 aliphatic carbocycles. The topological polar surface area (TPSA) is 37.4 Å². The number of para-hydroxylation sites is 1. The molecular weight excluding hydrogens is 334 g/mol. The minimum Gasteiger partial charge on any atom is -0.487 e. The van der Waals surface area contributed by atoms with Gasteiger partial charge in [-0.25, -0.2) is 0 Å². The number of fused-ring (bicyclic) bond motifs is 1. The summed E-state index contributed by atoms with van der Waals surface area (Å²) in [6.45, 7) is 8.84. The van der Waals surface area contributed by atoms with Crippen molar-refractivity contribution < 1.29 is 4.74 Å². The van der Waals surface area contributed by atoms with Crippen LogP contribution >= 0.6 is 0 Å². The predicted molar refractivity (Wildman–Crippen MR) is 109 cm³/mol. The van der Waals surface area contributed by atoms with E-state index in [9.17, 15) is 0 Å². The predicted octanol–water partition coefficient (Wildman–Crippen LogP) is 4.19. The van der Waals surface area contributed by atoms with Crippen LogP contribution in [0.3, 0.4) is 0 Å². The minimum absolute atomic E-state index is 0.0381. The Morgan fingerprint density at radius 2 is 1.93 bits per heavy atom. The van der Waals surface area contributed by atoms with Gasteiger partial charge in [-0.2, -0.15) is 0 Å². The molecule has 2 aliphatic heterocycles. The van der Waals surface area contributed by atoms with E-state index in [1.807, 2.05) is 18.3 Å². The molecule has 0 bridgehead atoms. The number of likely N-dealkylation sites (tertiary alicyclic amines) is 1. The number of nitrogens with zero attached hydrogens (tertiary/aromatic N) is 2. The fraction of sp³-hybridized carbons (Fsp3) is 0.522. The average Bonchev–Trinajstić information content (AvgIpc) is 2.68. The van der Waals surface area contributed by atoms with Gasteiger partial charge >= 0.3 is 0 Å². The molecule has 2 aromatic rings. The summed E-state index contributed by atoms with van der Waals surface area (Å²) in [6, 6.07) is 14.9. The number of pyridine rings is 1. The molecule has 2 aliphatic rings. The summed E-state index contributed by atoms with van der Waals surface area (Å²) in [7, 11) is 0. The normalized spacial score (nSPS) is 21.8. The Bertz CT molecular complexity index is 738. The molecule has 4 nitrogen and oxygen atoms in total. The van der Waals surface area contributed by atoms with Crippen molar-refractivity contribution in [1.29, 1.82) is 0 Å². The summed E-state index contributed by atoms with van der Waals surface area (Å²) in [5.41, 5.74) is 2.33. The molecule has 3 heterocycles. The van der Waals surface area contributed by atoms with Gasteiger partial charge in [0.1, 0.15) is 11.4 Å². The Morgan fingerprint density at radius 3 is 2.67 bits per heavy atom. The smallest absolute Gasteiger partial charge is 0.124 e. The lowest BCUT2D eigenvalue weighted by molar-refractivity contribution is -0.0274. The maximum Gasteiger partial charge on any atom is 0.124 e. The van der Waals surface area contributed by atoms with Gasteiger partial charge in [-0.15, -0.1) is 0 Å². The largest absolute Gasteiger partial charge is 0.487 e. The first-order valence-corrected chi connectivity index (χ1v) is 10.3. The molecule has 144 valence electrons. The van der Waals surface area contributed by atoms with Gasteiger partial charge in [0.25, 0.3) is 0 Å².